The van der Waals surface area contributed by atoms with Gasteiger partial charge in [-0.2, -0.15) is 0 Å². The third-order valence-corrected chi connectivity index (χ3v) is 4.13. The van der Waals surface area contributed by atoms with Gasteiger partial charge in [-0.05, 0) is 30.5 Å². The molecule has 0 aromatic heterocycles. The Kier molecular flexibility index (Phi) is 3.07. The Balaban J connectivity index is 1.99. The first kappa shape index (κ1) is 11.4. The van der Waals surface area contributed by atoms with Crippen LogP contribution in [0, 0.1) is 0 Å². The topological polar surface area (TPSA) is 29.1 Å². The van der Waals surface area contributed by atoms with E-state index in [1.165, 1.54) is 5.57 Å². The maximum absolute atomic E-state index is 11.9. The summed E-state index contributed by atoms with van der Waals surface area (Å²) in [4.78, 5) is 14.0. The Morgan fingerprint density at radius 1 is 1.22 bits per heavy atom. The zero-order valence-electron chi connectivity index (χ0n) is 9.85. The molecule has 1 aliphatic carbocycles. The minimum atomic E-state index is -0.0436. The van der Waals surface area contributed by atoms with Crippen LogP contribution in [0.15, 0.2) is 63.9 Å². The lowest BCUT2D eigenvalue weighted by Gasteiger charge is -2.12. The molecule has 1 amide bonds. The SMILES string of the molecule is O=C1C=C(C2=CC=CCC2)Sc2ccccc2N1. The van der Waals surface area contributed by atoms with Crippen molar-refractivity contribution >= 4 is 23.4 Å². The quantitative estimate of drug-likeness (QED) is 0.824. The van der Waals surface area contributed by atoms with Crippen molar-refractivity contribution in [2.45, 2.75) is 17.7 Å². The number of hydrogen-bond donors (Lipinski definition) is 1. The fourth-order valence-corrected chi connectivity index (χ4v) is 3.14. The Morgan fingerprint density at radius 3 is 2.94 bits per heavy atom. The van der Waals surface area contributed by atoms with E-state index in [1.54, 1.807) is 17.8 Å². The number of rotatable bonds is 1. The molecule has 1 heterocycles. The second-order valence-electron chi connectivity index (χ2n) is 4.25. The van der Waals surface area contributed by atoms with E-state index in [0.717, 1.165) is 28.3 Å². The van der Waals surface area contributed by atoms with E-state index in [2.05, 4.69) is 23.5 Å². The summed E-state index contributed by atoms with van der Waals surface area (Å²) in [6.07, 6.45) is 10.1. The second kappa shape index (κ2) is 4.86. The number of fused-ring (bicyclic) bond motifs is 1. The smallest absolute Gasteiger partial charge is 0.249 e. The van der Waals surface area contributed by atoms with Crippen molar-refractivity contribution in [1.82, 2.24) is 0 Å². The number of nitrogens with one attached hydrogen (secondary N) is 1. The van der Waals surface area contributed by atoms with Crippen LogP contribution >= 0.6 is 11.8 Å². The van der Waals surface area contributed by atoms with Crippen LogP contribution in [0.1, 0.15) is 12.8 Å². The van der Waals surface area contributed by atoms with E-state index in [4.69, 9.17) is 0 Å². The van der Waals surface area contributed by atoms with Crippen LogP contribution in [0.3, 0.4) is 0 Å². The van der Waals surface area contributed by atoms with E-state index in [1.807, 2.05) is 24.3 Å². The summed E-state index contributed by atoms with van der Waals surface area (Å²) in [7, 11) is 0. The molecule has 0 atom stereocenters. The van der Waals surface area contributed by atoms with Gasteiger partial charge in [0, 0.05) is 15.9 Å². The minimum absolute atomic E-state index is 0.0436. The summed E-state index contributed by atoms with van der Waals surface area (Å²) in [5.74, 6) is -0.0436. The molecule has 1 aliphatic heterocycles. The van der Waals surface area contributed by atoms with Crippen molar-refractivity contribution in [2.24, 2.45) is 0 Å². The molecular formula is C15H13NOS. The molecule has 0 saturated heterocycles. The van der Waals surface area contributed by atoms with E-state index in [-0.39, 0.29) is 5.91 Å². The number of hydrogen-bond acceptors (Lipinski definition) is 2. The summed E-state index contributed by atoms with van der Waals surface area (Å²) in [5, 5.41) is 2.91. The van der Waals surface area contributed by atoms with Crippen LogP contribution in [0.25, 0.3) is 0 Å². The maximum atomic E-state index is 11.9. The fourth-order valence-electron chi connectivity index (χ4n) is 2.06. The van der Waals surface area contributed by atoms with Crippen LogP contribution in [0.2, 0.25) is 0 Å². The van der Waals surface area contributed by atoms with Crippen LogP contribution in [0.4, 0.5) is 5.69 Å². The highest BCUT2D eigenvalue weighted by atomic mass is 32.2. The van der Waals surface area contributed by atoms with Crippen LogP contribution in [-0.2, 0) is 4.79 Å². The second-order valence-corrected chi connectivity index (χ2v) is 5.34. The average Bonchev–Trinajstić information content (AvgIpc) is 2.57. The van der Waals surface area contributed by atoms with E-state index in [9.17, 15) is 4.79 Å². The number of carbonyl (C=O) groups is 1. The summed E-state index contributed by atoms with van der Waals surface area (Å²) < 4.78 is 0. The highest BCUT2D eigenvalue weighted by Crippen LogP contribution is 2.40. The summed E-state index contributed by atoms with van der Waals surface area (Å²) >= 11 is 1.66. The van der Waals surface area contributed by atoms with Crippen molar-refractivity contribution in [3.63, 3.8) is 0 Å². The van der Waals surface area contributed by atoms with E-state index >= 15 is 0 Å². The number of amides is 1. The molecule has 1 aromatic carbocycles. The van der Waals surface area contributed by atoms with Gasteiger partial charge in [-0.25, -0.2) is 0 Å². The number of benzene rings is 1. The third kappa shape index (κ3) is 2.27. The molecule has 2 nitrogen and oxygen atoms in total. The lowest BCUT2D eigenvalue weighted by Crippen LogP contribution is -2.07. The minimum Gasteiger partial charge on any atom is -0.321 e. The number of carbonyl (C=O) groups excluding carboxylic acids is 1. The molecule has 3 rings (SSSR count). The van der Waals surface area contributed by atoms with Gasteiger partial charge in [0.2, 0.25) is 5.91 Å². The predicted molar refractivity (Wildman–Crippen MR) is 75.5 cm³/mol. The molecule has 1 N–H and O–H groups in total. The predicted octanol–water partition coefficient (Wildman–Crippen LogP) is 3.89. The van der Waals surface area contributed by atoms with Gasteiger partial charge in [-0.3, -0.25) is 4.79 Å². The average molecular weight is 255 g/mol. The van der Waals surface area contributed by atoms with Gasteiger partial charge in [-0.1, -0.05) is 42.1 Å². The van der Waals surface area contributed by atoms with Crippen molar-refractivity contribution in [3.8, 4) is 0 Å². The molecule has 0 spiro atoms. The standard InChI is InChI=1S/C15H13NOS/c17-15-10-14(11-6-2-1-3-7-11)18-13-9-5-4-8-12(13)16-15/h1-2,4-6,8-10H,3,7H2,(H,16,17). The number of thioether (sulfide) groups is 1. The first-order valence-electron chi connectivity index (χ1n) is 5.98. The highest BCUT2D eigenvalue weighted by Gasteiger charge is 2.16. The summed E-state index contributed by atoms with van der Waals surface area (Å²) in [6, 6.07) is 7.91. The van der Waals surface area contributed by atoms with Gasteiger partial charge in [0.25, 0.3) is 0 Å². The third-order valence-electron chi connectivity index (χ3n) is 2.96. The molecule has 2 aliphatic rings. The maximum Gasteiger partial charge on any atom is 0.249 e. The van der Waals surface area contributed by atoms with Crippen molar-refractivity contribution in [1.29, 1.82) is 0 Å². The number of allylic oxidation sites excluding steroid dienone is 4. The highest BCUT2D eigenvalue weighted by molar-refractivity contribution is 8.03. The normalized spacial score (nSPS) is 18.3. The zero-order valence-corrected chi connectivity index (χ0v) is 10.7. The number of anilines is 1. The first-order valence-corrected chi connectivity index (χ1v) is 6.80. The Bertz CT molecular complexity index is 584. The van der Waals surface area contributed by atoms with Gasteiger partial charge >= 0.3 is 0 Å². The van der Waals surface area contributed by atoms with Gasteiger partial charge in [-0.15, -0.1) is 0 Å². The molecule has 18 heavy (non-hydrogen) atoms. The zero-order chi connectivity index (χ0) is 12.4. The largest absolute Gasteiger partial charge is 0.321 e. The molecule has 0 unspecified atom stereocenters. The van der Waals surface area contributed by atoms with Gasteiger partial charge in [0.15, 0.2) is 0 Å². The Labute approximate surface area is 110 Å². The molecule has 0 saturated carbocycles. The van der Waals surface area contributed by atoms with Crippen LogP contribution in [0.5, 0.6) is 0 Å². The van der Waals surface area contributed by atoms with Crippen molar-refractivity contribution < 1.29 is 4.79 Å². The molecule has 0 radical (unpaired) electrons. The first-order chi connectivity index (χ1) is 8.83. The Morgan fingerprint density at radius 2 is 2.11 bits per heavy atom. The number of para-hydroxylation sites is 1. The van der Waals surface area contributed by atoms with Gasteiger partial charge in [0.1, 0.15) is 0 Å². The fraction of sp³-hybridized carbons (Fsp3) is 0.133. The molecule has 90 valence electrons. The molecular weight excluding hydrogens is 242 g/mol. The summed E-state index contributed by atoms with van der Waals surface area (Å²) in [6.45, 7) is 0. The lowest BCUT2D eigenvalue weighted by atomic mass is 10.0. The van der Waals surface area contributed by atoms with Crippen LogP contribution in [-0.4, -0.2) is 5.91 Å². The molecule has 0 bridgehead atoms. The van der Waals surface area contributed by atoms with E-state index < -0.39 is 0 Å². The van der Waals surface area contributed by atoms with Gasteiger partial charge in [0.05, 0.1) is 5.69 Å². The van der Waals surface area contributed by atoms with Crippen molar-refractivity contribution in [2.75, 3.05) is 5.32 Å². The summed E-state index contributed by atoms with van der Waals surface area (Å²) in [5.41, 5.74) is 2.14. The Hall–Kier alpha value is -1.74. The van der Waals surface area contributed by atoms with Crippen LogP contribution < -0.4 is 5.32 Å². The molecule has 1 aromatic rings. The lowest BCUT2D eigenvalue weighted by molar-refractivity contribution is -0.111. The van der Waals surface area contributed by atoms with Crippen molar-refractivity contribution in [3.05, 3.63) is 59.0 Å². The monoisotopic (exact) mass is 255 g/mol. The van der Waals surface area contributed by atoms with Gasteiger partial charge < -0.3 is 5.32 Å². The van der Waals surface area contributed by atoms with E-state index in [0.29, 0.717) is 0 Å². The molecule has 0 fully saturated rings. The molecule has 3 heteroatoms.